The van der Waals surface area contributed by atoms with E-state index in [0.29, 0.717) is 18.4 Å². The predicted molar refractivity (Wildman–Crippen MR) is 70.4 cm³/mol. The third kappa shape index (κ3) is 3.50. The molecule has 6 heteroatoms. The zero-order valence-electron chi connectivity index (χ0n) is 11.2. The number of piperidine rings is 1. The maximum absolute atomic E-state index is 12.7. The lowest BCUT2D eigenvalue weighted by Crippen LogP contribution is -2.34. The normalized spacial score (nSPS) is 17.0. The lowest BCUT2D eigenvalue weighted by atomic mass is 9.97. The van der Waals surface area contributed by atoms with Crippen molar-refractivity contribution >= 4 is 11.6 Å². The molecule has 1 amide bonds. The fourth-order valence-electron chi connectivity index (χ4n) is 2.25. The molecule has 0 unspecified atom stereocenters. The molecule has 0 aliphatic carbocycles. The fraction of sp³-hybridized carbons (Fsp3) is 0.500. The van der Waals surface area contributed by atoms with Crippen LogP contribution in [0, 0.1) is 12.8 Å². The lowest BCUT2D eigenvalue weighted by Gasteiger charge is -2.22. The zero-order chi connectivity index (χ0) is 14.8. The van der Waals surface area contributed by atoms with Gasteiger partial charge in [-0.2, -0.15) is 13.2 Å². The molecule has 1 heterocycles. The number of carbonyl (C=O) groups is 1. The Hall–Kier alpha value is -1.56. The topological polar surface area (TPSA) is 41.1 Å². The Bertz CT molecular complexity index is 494. The molecule has 2 rings (SSSR count). The summed E-state index contributed by atoms with van der Waals surface area (Å²) < 4.78 is 38.0. The van der Waals surface area contributed by atoms with Gasteiger partial charge in [0.05, 0.1) is 5.56 Å². The summed E-state index contributed by atoms with van der Waals surface area (Å²) in [7, 11) is 0. The first-order valence-electron chi connectivity index (χ1n) is 6.57. The third-order valence-electron chi connectivity index (χ3n) is 3.53. The minimum absolute atomic E-state index is 0.134. The van der Waals surface area contributed by atoms with Crippen LogP contribution in [0.2, 0.25) is 0 Å². The summed E-state index contributed by atoms with van der Waals surface area (Å²) in [6, 6.07) is 3.39. The number of aryl methyl sites for hydroxylation is 1. The number of amides is 1. The quantitative estimate of drug-likeness (QED) is 0.877. The highest BCUT2D eigenvalue weighted by atomic mass is 19.4. The molecule has 0 bridgehead atoms. The first kappa shape index (κ1) is 14.8. The smallest absolute Gasteiger partial charge is 0.326 e. The monoisotopic (exact) mass is 286 g/mol. The van der Waals surface area contributed by atoms with Crippen LogP contribution in [-0.4, -0.2) is 19.0 Å². The molecule has 0 spiro atoms. The van der Waals surface area contributed by atoms with Gasteiger partial charge in [-0.1, -0.05) is 6.07 Å². The van der Waals surface area contributed by atoms with E-state index in [4.69, 9.17) is 0 Å². The SMILES string of the molecule is Cc1ccc(C(F)(F)F)cc1NC(=O)C1CCNCC1. The minimum atomic E-state index is -4.40. The summed E-state index contributed by atoms with van der Waals surface area (Å²) in [6.45, 7) is 3.21. The summed E-state index contributed by atoms with van der Waals surface area (Å²) in [5.41, 5.74) is 0.118. The van der Waals surface area contributed by atoms with Crippen LogP contribution in [0.25, 0.3) is 0 Å². The van der Waals surface area contributed by atoms with Crippen LogP contribution in [0.15, 0.2) is 18.2 Å². The molecule has 20 heavy (non-hydrogen) atoms. The highest BCUT2D eigenvalue weighted by Crippen LogP contribution is 2.32. The summed E-state index contributed by atoms with van der Waals surface area (Å²) >= 11 is 0. The maximum Gasteiger partial charge on any atom is 0.416 e. The standard InChI is InChI=1S/C14H17F3N2O/c1-9-2-3-11(14(15,16)17)8-12(9)19-13(20)10-4-6-18-7-5-10/h2-3,8,10,18H,4-7H2,1H3,(H,19,20). The Morgan fingerprint density at radius 2 is 1.95 bits per heavy atom. The first-order chi connectivity index (χ1) is 9.38. The van der Waals surface area contributed by atoms with E-state index in [1.165, 1.54) is 6.07 Å². The minimum Gasteiger partial charge on any atom is -0.326 e. The van der Waals surface area contributed by atoms with Crippen LogP contribution in [0.1, 0.15) is 24.0 Å². The van der Waals surface area contributed by atoms with Crippen molar-refractivity contribution in [1.82, 2.24) is 5.32 Å². The first-order valence-corrected chi connectivity index (χ1v) is 6.57. The van der Waals surface area contributed by atoms with Gasteiger partial charge in [0.1, 0.15) is 0 Å². The van der Waals surface area contributed by atoms with Gasteiger partial charge in [-0.15, -0.1) is 0 Å². The number of benzene rings is 1. The second kappa shape index (κ2) is 5.83. The molecule has 1 aromatic carbocycles. The molecule has 1 saturated heterocycles. The van der Waals surface area contributed by atoms with E-state index in [2.05, 4.69) is 10.6 Å². The number of carbonyl (C=O) groups excluding carboxylic acids is 1. The van der Waals surface area contributed by atoms with Crippen LogP contribution < -0.4 is 10.6 Å². The van der Waals surface area contributed by atoms with Gasteiger partial charge in [-0.05, 0) is 50.6 Å². The number of hydrogen-bond donors (Lipinski definition) is 2. The van der Waals surface area contributed by atoms with E-state index in [0.717, 1.165) is 25.2 Å². The molecule has 0 atom stereocenters. The predicted octanol–water partition coefficient (Wildman–Crippen LogP) is 2.95. The molecule has 0 radical (unpaired) electrons. The van der Waals surface area contributed by atoms with Crippen molar-refractivity contribution in [2.24, 2.45) is 5.92 Å². The summed E-state index contributed by atoms with van der Waals surface area (Å²) in [4.78, 5) is 12.1. The molecular formula is C14H17F3N2O. The van der Waals surface area contributed by atoms with Crippen molar-refractivity contribution in [3.8, 4) is 0 Å². The molecule has 3 nitrogen and oxygen atoms in total. The number of rotatable bonds is 2. The summed E-state index contributed by atoms with van der Waals surface area (Å²) in [5.74, 6) is -0.334. The Morgan fingerprint density at radius 1 is 1.30 bits per heavy atom. The van der Waals surface area contributed by atoms with Crippen LogP contribution in [0.4, 0.5) is 18.9 Å². The van der Waals surface area contributed by atoms with Gasteiger partial charge in [0.25, 0.3) is 0 Å². The van der Waals surface area contributed by atoms with Crippen LogP contribution >= 0.6 is 0 Å². The highest BCUT2D eigenvalue weighted by molar-refractivity contribution is 5.93. The van der Waals surface area contributed by atoms with E-state index in [1.807, 2.05) is 0 Å². The number of halogens is 3. The second-order valence-corrected chi connectivity index (χ2v) is 5.04. The van der Waals surface area contributed by atoms with Crippen LogP contribution in [-0.2, 0) is 11.0 Å². The Morgan fingerprint density at radius 3 is 2.55 bits per heavy atom. The van der Waals surface area contributed by atoms with Crippen molar-refractivity contribution in [3.63, 3.8) is 0 Å². The lowest BCUT2D eigenvalue weighted by molar-refractivity contribution is -0.137. The third-order valence-corrected chi connectivity index (χ3v) is 3.53. The summed E-state index contributed by atoms with van der Waals surface area (Å²) in [5, 5.41) is 5.77. The van der Waals surface area contributed by atoms with Crippen molar-refractivity contribution in [2.75, 3.05) is 18.4 Å². The Balaban J connectivity index is 2.13. The molecule has 2 N–H and O–H groups in total. The van der Waals surface area contributed by atoms with Crippen LogP contribution in [0.5, 0.6) is 0 Å². The van der Waals surface area contributed by atoms with Gasteiger partial charge < -0.3 is 10.6 Å². The van der Waals surface area contributed by atoms with E-state index >= 15 is 0 Å². The van der Waals surface area contributed by atoms with Crippen molar-refractivity contribution in [2.45, 2.75) is 25.9 Å². The maximum atomic E-state index is 12.7. The van der Waals surface area contributed by atoms with Gasteiger partial charge in [0.15, 0.2) is 0 Å². The molecule has 0 saturated carbocycles. The average Bonchev–Trinajstić information content (AvgIpc) is 2.41. The van der Waals surface area contributed by atoms with Crippen molar-refractivity contribution < 1.29 is 18.0 Å². The van der Waals surface area contributed by atoms with E-state index < -0.39 is 11.7 Å². The Kier molecular flexibility index (Phi) is 4.32. The Labute approximate surface area is 115 Å². The van der Waals surface area contributed by atoms with Gasteiger partial charge in [-0.3, -0.25) is 4.79 Å². The number of nitrogens with one attached hydrogen (secondary N) is 2. The van der Waals surface area contributed by atoms with Gasteiger partial charge in [-0.25, -0.2) is 0 Å². The highest BCUT2D eigenvalue weighted by Gasteiger charge is 2.31. The van der Waals surface area contributed by atoms with Crippen molar-refractivity contribution in [3.05, 3.63) is 29.3 Å². The molecular weight excluding hydrogens is 269 g/mol. The molecule has 1 fully saturated rings. The molecule has 1 aliphatic rings. The zero-order valence-corrected chi connectivity index (χ0v) is 11.2. The molecule has 1 aromatic rings. The number of hydrogen-bond acceptors (Lipinski definition) is 2. The summed E-state index contributed by atoms with van der Waals surface area (Å²) in [6.07, 6.45) is -2.98. The largest absolute Gasteiger partial charge is 0.416 e. The number of alkyl halides is 3. The van der Waals surface area contributed by atoms with E-state index in [-0.39, 0.29) is 17.5 Å². The van der Waals surface area contributed by atoms with Crippen LogP contribution in [0.3, 0.4) is 0 Å². The number of anilines is 1. The van der Waals surface area contributed by atoms with Gasteiger partial charge in [0.2, 0.25) is 5.91 Å². The van der Waals surface area contributed by atoms with E-state index in [9.17, 15) is 18.0 Å². The van der Waals surface area contributed by atoms with Crippen molar-refractivity contribution in [1.29, 1.82) is 0 Å². The van der Waals surface area contributed by atoms with E-state index in [1.54, 1.807) is 6.92 Å². The molecule has 0 aromatic heterocycles. The molecule has 1 aliphatic heterocycles. The average molecular weight is 286 g/mol. The fourth-order valence-corrected chi connectivity index (χ4v) is 2.25. The molecule has 110 valence electrons. The van der Waals surface area contributed by atoms with Gasteiger partial charge >= 0.3 is 6.18 Å². The van der Waals surface area contributed by atoms with Gasteiger partial charge in [0, 0.05) is 11.6 Å². The second-order valence-electron chi connectivity index (χ2n) is 5.04.